The van der Waals surface area contributed by atoms with Crippen LogP contribution in [-0.4, -0.2) is 57.8 Å². The quantitative estimate of drug-likeness (QED) is 0.561. The smallest absolute Gasteiger partial charge is 0.254 e. The van der Waals surface area contributed by atoms with Crippen LogP contribution in [-0.2, 0) is 0 Å². The zero-order valence-corrected chi connectivity index (χ0v) is 20.4. The molecular formula is C26H31N5O3. The topological polar surface area (TPSA) is 82.4 Å². The van der Waals surface area contributed by atoms with Crippen LogP contribution in [0.4, 0.5) is 0 Å². The van der Waals surface area contributed by atoms with Crippen LogP contribution >= 0.6 is 0 Å². The van der Waals surface area contributed by atoms with E-state index in [1.54, 1.807) is 18.9 Å². The van der Waals surface area contributed by atoms with E-state index in [0.29, 0.717) is 22.7 Å². The minimum Gasteiger partial charge on any atom is -0.497 e. The van der Waals surface area contributed by atoms with E-state index in [-0.39, 0.29) is 22.8 Å². The Balaban J connectivity index is 1.60. The number of amides is 1. The van der Waals surface area contributed by atoms with Gasteiger partial charge in [0.05, 0.1) is 19.9 Å². The number of methoxy groups -OCH3 is 2. The molecule has 1 aliphatic heterocycles. The van der Waals surface area contributed by atoms with Gasteiger partial charge in [-0.2, -0.15) is 0 Å². The summed E-state index contributed by atoms with van der Waals surface area (Å²) in [5.41, 5.74) is 3.39. The van der Waals surface area contributed by atoms with Crippen molar-refractivity contribution in [2.75, 3.05) is 20.8 Å². The molecule has 0 spiro atoms. The summed E-state index contributed by atoms with van der Waals surface area (Å²) < 4.78 is 12.6. The number of tetrazole rings is 1. The van der Waals surface area contributed by atoms with E-state index in [9.17, 15) is 4.79 Å². The third kappa shape index (κ3) is 4.02. The van der Waals surface area contributed by atoms with Crippen LogP contribution < -0.4 is 9.47 Å². The summed E-state index contributed by atoms with van der Waals surface area (Å²) >= 11 is 0. The lowest BCUT2D eigenvalue weighted by Crippen LogP contribution is -2.37. The second kappa shape index (κ2) is 8.11. The SMILES string of the molecule is COc1ccc(OC)c(-c2cc(C(=O)N3CC4(C)CC3CC(C)(C)C4)cc(-n3cnnn3)c2)c1. The average molecular weight is 462 g/mol. The number of fused-ring (bicyclic) bond motifs is 2. The standard InChI is InChI=1S/C26H31N5O3/c1-25(2)12-20-13-26(3,14-25)15-30(20)24(32)18-8-17(9-19(10-18)31-16-27-28-29-31)22-11-21(33-4)6-7-23(22)34-5/h6-11,16,20H,12-15H2,1-5H3. The number of hydrogen-bond acceptors (Lipinski definition) is 6. The largest absolute Gasteiger partial charge is 0.497 e. The fourth-order valence-electron chi connectivity index (χ4n) is 6.20. The van der Waals surface area contributed by atoms with Crippen LogP contribution in [0, 0.1) is 10.8 Å². The molecule has 0 radical (unpaired) electrons. The normalized spacial score (nSPS) is 23.1. The lowest BCUT2D eigenvalue weighted by Gasteiger charge is -2.39. The fourth-order valence-corrected chi connectivity index (χ4v) is 6.20. The fraction of sp³-hybridized carbons (Fsp3) is 0.462. The number of likely N-dealkylation sites (tertiary alicyclic amines) is 1. The molecule has 1 amide bonds. The molecule has 1 aromatic heterocycles. The monoisotopic (exact) mass is 461 g/mol. The van der Waals surface area contributed by atoms with E-state index < -0.39 is 0 Å². The molecule has 1 saturated carbocycles. The zero-order chi connectivity index (χ0) is 24.1. The Bertz CT molecular complexity index is 1220. The number of rotatable bonds is 5. The average Bonchev–Trinajstić information content (AvgIpc) is 3.43. The third-order valence-electron chi connectivity index (χ3n) is 7.17. The number of benzene rings is 2. The van der Waals surface area contributed by atoms with E-state index in [4.69, 9.17) is 9.47 Å². The van der Waals surface area contributed by atoms with Gasteiger partial charge in [-0.3, -0.25) is 4.79 Å². The summed E-state index contributed by atoms with van der Waals surface area (Å²) in [6.45, 7) is 7.73. The first kappa shape index (κ1) is 22.4. The van der Waals surface area contributed by atoms with E-state index in [1.165, 1.54) is 6.33 Å². The molecule has 1 aliphatic carbocycles. The molecule has 5 rings (SSSR count). The minimum absolute atomic E-state index is 0.0458. The van der Waals surface area contributed by atoms with Gasteiger partial charge in [-0.25, -0.2) is 4.68 Å². The molecule has 2 bridgehead atoms. The second-order valence-electron chi connectivity index (χ2n) is 10.7. The molecule has 178 valence electrons. The van der Waals surface area contributed by atoms with Crippen molar-refractivity contribution >= 4 is 5.91 Å². The van der Waals surface area contributed by atoms with Crippen molar-refractivity contribution < 1.29 is 14.3 Å². The van der Waals surface area contributed by atoms with Crippen LogP contribution in [0.1, 0.15) is 50.4 Å². The van der Waals surface area contributed by atoms with Crippen molar-refractivity contribution in [3.63, 3.8) is 0 Å². The molecule has 2 aliphatic rings. The Kier molecular flexibility index (Phi) is 5.34. The Hall–Kier alpha value is -3.42. The van der Waals surface area contributed by atoms with E-state index in [0.717, 1.165) is 36.9 Å². The number of carbonyl (C=O) groups is 1. The van der Waals surface area contributed by atoms with Crippen LogP contribution in [0.5, 0.6) is 11.5 Å². The molecule has 2 heterocycles. The summed E-state index contributed by atoms with van der Waals surface area (Å²) in [6, 6.07) is 11.6. The maximum atomic E-state index is 13.9. The highest BCUT2D eigenvalue weighted by Crippen LogP contribution is 2.52. The number of aromatic nitrogens is 4. The van der Waals surface area contributed by atoms with Gasteiger partial charge in [-0.15, -0.1) is 5.10 Å². The Morgan fingerprint density at radius 1 is 1.06 bits per heavy atom. The van der Waals surface area contributed by atoms with Crippen molar-refractivity contribution in [1.29, 1.82) is 0 Å². The first-order valence-corrected chi connectivity index (χ1v) is 11.6. The van der Waals surface area contributed by atoms with Gasteiger partial charge in [-0.1, -0.05) is 20.8 Å². The van der Waals surface area contributed by atoms with E-state index in [2.05, 4.69) is 41.2 Å². The van der Waals surface area contributed by atoms with Crippen LogP contribution in [0.15, 0.2) is 42.7 Å². The first-order valence-electron chi connectivity index (χ1n) is 11.6. The molecule has 3 aromatic rings. The summed E-state index contributed by atoms with van der Waals surface area (Å²) in [6.07, 6.45) is 4.75. The van der Waals surface area contributed by atoms with Crippen molar-refractivity contribution in [3.8, 4) is 28.3 Å². The highest BCUT2D eigenvalue weighted by Gasteiger charge is 2.51. The van der Waals surface area contributed by atoms with Gasteiger partial charge < -0.3 is 14.4 Å². The second-order valence-corrected chi connectivity index (χ2v) is 10.7. The molecule has 2 aromatic carbocycles. The Morgan fingerprint density at radius 2 is 1.88 bits per heavy atom. The molecule has 2 atom stereocenters. The Morgan fingerprint density at radius 3 is 2.59 bits per heavy atom. The molecule has 34 heavy (non-hydrogen) atoms. The lowest BCUT2D eigenvalue weighted by atomic mass is 9.65. The first-order chi connectivity index (χ1) is 16.2. The predicted molar refractivity (Wildman–Crippen MR) is 128 cm³/mol. The number of ether oxygens (including phenoxy) is 2. The van der Waals surface area contributed by atoms with Gasteiger partial charge in [0.25, 0.3) is 5.91 Å². The minimum atomic E-state index is 0.0458. The van der Waals surface area contributed by atoms with Gasteiger partial charge >= 0.3 is 0 Å². The van der Waals surface area contributed by atoms with Crippen LogP contribution in [0.3, 0.4) is 0 Å². The predicted octanol–water partition coefficient (Wildman–Crippen LogP) is 4.39. The maximum Gasteiger partial charge on any atom is 0.254 e. The van der Waals surface area contributed by atoms with Crippen molar-refractivity contribution in [3.05, 3.63) is 48.3 Å². The molecule has 0 N–H and O–H groups in total. The summed E-state index contributed by atoms with van der Waals surface area (Å²) in [4.78, 5) is 16.0. The maximum absolute atomic E-state index is 13.9. The lowest BCUT2D eigenvalue weighted by molar-refractivity contribution is 0.0708. The van der Waals surface area contributed by atoms with Gasteiger partial charge in [0, 0.05) is 23.7 Å². The van der Waals surface area contributed by atoms with Crippen LogP contribution in [0.25, 0.3) is 16.8 Å². The molecule has 1 saturated heterocycles. The highest BCUT2D eigenvalue weighted by atomic mass is 16.5. The Labute approximate surface area is 199 Å². The van der Waals surface area contributed by atoms with E-state index in [1.807, 2.05) is 36.4 Å². The number of carbonyl (C=O) groups excluding carboxylic acids is 1. The third-order valence-corrected chi connectivity index (χ3v) is 7.17. The summed E-state index contributed by atoms with van der Waals surface area (Å²) in [5.74, 6) is 1.45. The number of hydrogen-bond donors (Lipinski definition) is 0. The summed E-state index contributed by atoms with van der Waals surface area (Å²) in [7, 11) is 3.26. The van der Waals surface area contributed by atoms with Crippen molar-refractivity contribution in [2.45, 2.75) is 46.1 Å². The van der Waals surface area contributed by atoms with Crippen LogP contribution in [0.2, 0.25) is 0 Å². The van der Waals surface area contributed by atoms with Gasteiger partial charge in [-0.05, 0) is 82.5 Å². The highest BCUT2D eigenvalue weighted by molar-refractivity contribution is 5.97. The molecule has 8 nitrogen and oxygen atoms in total. The molecule has 8 heteroatoms. The van der Waals surface area contributed by atoms with Gasteiger partial charge in [0.1, 0.15) is 17.8 Å². The summed E-state index contributed by atoms with van der Waals surface area (Å²) in [5, 5.41) is 11.6. The number of nitrogens with zero attached hydrogens (tertiary/aromatic N) is 5. The van der Waals surface area contributed by atoms with Gasteiger partial charge in [0.15, 0.2) is 0 Å². The van der Waals surface area contributed by atoms with Gasteiger partial charge in [0.2, 0.25) is 0 Å². The van der Waals surface area contributed by atoms with Crippen molar-refractivity contribution in [2.24, 2.45) is 10.8 Å². The van der Waals surface area contributed by atoms with Crippen molar-refractivity contribution in [1.82, 2.24) is 25.1 Å². The molecular weight excluding hydrogens is 430 g/mol. The zero-order valence-electron chi connectivity index (χ0n) is 20.4. The molecule has 2 fully saturated rings. The molecule has 2 unspecified atom stereocenters. The van der Waals surface area contributed by atoms with E-state index >= 15 is 0 Å².